The third kappa shape index (κ3) is 7.46. The normalized spacial score (nSPS) is 11.8. The molecule has 25 heavy (non-hydrogen) atoms. The zero-order valence-corrected chi connectivity index (χ0v) is 17.8. The van der Waals surface area contributed by atoms with Crippen molar-refractivity contribution >= 4 is 29.9 Å². The second-order valence-electron chi connectivity index (χ2n) is 6.73. The number of aromatic nitrogens is 1. The predicted molar refractivity (Wildman–Crippen MR) is 114 cm³/mol. The van der Waals surface area contributed by atoms with Gasteiger partial charge in [-0.3, -0.25) is 0 Å². The summed E-state index contributed by atoms with van der Waals surface area (Å²) >= 11 is 0. The molecule has 2 N–H and O–H groups in total. The largest absolute Gasteiger partial charge is 0.443 e. The van der Waals surface area contributed by atoms with Gasteiger partial charge in [0.2, 0.25) is 5.89 Å². The highest BCUT2D eigenvalue weighted by Crippen LogP contribution is 2.22. The highest BCUT2D eigenvalue weighted by atomic mass is 127. The lowest BCUT2D eigenvalue weighted by Crippen LogP contribution is -2.38. The molecule has 0 spiro atoms. The number of guanidine groups is 1. The van der Waals surface area contributed by atoms with Crippen molar-refractivity contribution in [1.29, 1.82) is 0 Å². The van der Waals surface area contributed by atoms with Crippen LogP contribution in [-0.2, 0) is 18.4 Å². The number of aliphatic imine (C=N–C) groups is 1. The molecular weight excluding hydrogens is 427 g/mol. The van der Waals surface area contributed by atoms with Crippen LogP contribution in [0.5, 0.6) is 0 Å². The van der Waals surface area contributed by atoms with E-state index in [-0.39, 0.29) is 29.4 Å². The van der Waals surface area contributed by atoms with Crippen LogP contribution in [0.3, 0.4) is 0 Å². The van der Waals surface area contributed by atoms with Crippen molar-refractivity contribution in [3.05, 3.63) is 53.7 Å². The first kappa shape index (κ1) is 21.5. The van der Waals surface area contributed by atoms with Gasteiger partial charge in [-0.15, -0.1) is 24.0 Å². The zero-order valence-electron chi connectivity index (χ0n) is 15.5. The number of nitrogens with zero attached hydrogens (tertiary/aromatic N) is 2. The summed E-state index contributed by atoms with van der Waals surface area (Å²) in [7, 11) is 0. The molecule has 0 atom stereocenters. The molecule has 0 aliphatic rings. The van der Waals surface area contributed by atoms with Crippen molar-refractivity contribution in [1.82, 2.24) is 15.6 Å². The van der Waals surface area contributed by atoms with Crippen LogP contribution in [-0.4, -0.2) is 24.0 Å². The fraction of sp³-hybridized carbons (Fsp3) is 0.474. The zero-order chi connectivity index (χ0) is 17.4. The Labute approximate surface area is 167 Å². The minimum atomic E-state index is -0.0343. The molecule has 0 unspecified atom stereocenters. The lowest BCUT2D eigenvalue weighted by atomic mass is 9.94. The Morgan fingerprint density at radius 1 is 1.16 bits per heavy atom. The van der Waals surface area contributed by atoms with Gasteiger partial charge in [-0.25, -0.2) is 9.98 Å². The van der Waals surface area contributed by atoms with Gasteiger partial charge < -0.3 is 15.1 Å². The Morgan fingerprint density at radius 2 is 1.88 bits per heavy atom. The molecule has 0 radical (unpaired) electrons. The van der Waals surface area contributed by atoms with Gasteiger partial charge in [0, 0.05) is 18.5 Å². The molecule has 2 aromatic rings. The summed E-state index contributed by atoms with van der Waals surface area (Å²) in [6.45, 7) is 10.4. The first-order valence-corrected chi connectivity index (χ1v) is 8.50. The number of hydrogen-bond donors (Lipinski definition) is 2. The van der Waals surface area contributed by atoms with Crippen molar-refractivity contribution in [3.63, 3.8) is 0 Å². The standard InChI is InChI=1S/C19H28N4O.HI/c1-5-20-18(21-12-11-15-9-7-6-8-10-15)23-14-17-22-13-16(24-17)19(2,3)4;/h6-10,13H,5,11-12,14H2,1-4H3,(H2,20,21,23);1H. The maximum atomic E-state index is 5.78. The topological polar surface area (TPSA) is 62.5 Å². The van der Waals surface area contributed by atoms with Gasteiger partial charge in [-0.2, -0.15) is 0 Å². The van der Waals surface area contributed by atoms with Crippen molar-refractivity contribution in [2.45, 2.75) is 46.1 Å². The van der Waals surface area contributed by atoms with E-state index in [1.807, 2.05) is 6.07 Å². The maximum Gasteiger partial charge on any atom is 0.216 e. The first-order chi connectivity index (χ1) is 11.5. The van der Waals surface area contributed by atoms with E-state index < -0.39 is 0 Å². The first-order valence-electron chi connectivity index (χ1n) is 8.50. The highest BCUT2D eigenvalue weighted by Gasteiger charge is 2.18. The summed E-state index contributed by atoms with van der Waals surface area (Å²) < 4.78 is 5.78. The van der Waals surface area contributed by atoms with E-state index in [9.17, 15) is 0 Å². The van der Waals surface area contributed by atoms with Gasteiger partial charge in [0.15, 0.2) is 5.96 Å². The van der Waals surface area contributed by atoms with E-state index in [4.69, 9.17) is 4.42 Å². The van der Waals surface area contributed by atoms with Crippen molar-refractivity contribution in [3.8, 4) is 0 Å². The summed E-state index contributed by atoms with van der Waals surface area (Å²) in [5, 5.41) is 6.59. The van der Waals surface area contributed by atoms with Crippen LogP contribution in [0.25, 0.3) is 0 Å². The molecule has 0 aliphatic carbocycles. The molecule has 0 fully saturated rings. The van der Waals surface area contributed by atoms with Crippen molar-refractivity contribution in [2.24, 2.45) is 4.99 Å². The molecule has 138 valence electrons. The molecule has 0 saturated carbocycles. The minimum Gasteiger partial charge on any atom is -0.443 e. The number of hydrogen-bond acceptors (Lipinski definition) is 3. The summed E-state index contributed by atoms with van der Waals surface area (Å²) in [6.07, 6.45) is 2.75. The number of rotatable bonds is 6. The molecule has 0 aliphatic heterocycles. The Balaban J connectivity index is 0.00000312. The number of benzene rings is 1. The van der Waals surface area contributed by atoms with Crippen LogP contribution in [0.1, 0.15) is 44.9 Å². The quantitative estimate of drug-likeness (QED) is 0.394. The number of oxazole rings is 1. The summed E-state index contributed by atoms with van der Waals surface area (Å²) in [4.78, 5) is 8.86. The molecular formula is C19H29IN4O. The van der Waals surface area contributed by atoms with Gasteiger partial charge >= 0.3 is 0 Å². The van der Waals surface area contributed by atoms with E-state index in [2.05, 4.69) is 72.6 Å². The SMILES string of the molecule is CCNC(=NCc1ncc(C(C)(C)C)o1)NCCc1ccccc1.I. The third-order valence-corrected chi connectivity index (χ3v) is 3.56. The monoisotopic (exact) mass is 456 g/mol. The van der Waals surface area contributed by atoms with E-state index in [0.717, 1.165) is 31.2 Å². The molecule has 0 saturated heterocycles. The Morgan fingerprint density at radius 3 is 2.48 bits per heavy atom. The molecule has 0 bridgehead atoms. The average molecular weight is 456 g/mol. The van der Waals surface area contributed by atoms with Crippen LogP contribution in [0.4, 0.5) is 0 Å². The lowest BCUT2D eigenvalue weighted by Gasteiger charge is -2.13. The smallest absolute Gasteiger partial charge is 0.216 e. The molecule has 5 nitrogen and oxygen atoms in total. The molecule has 6 heteroatoms. The fourth-order valence-corrected chi connectivity index (χ4v) is 2.19. The van der Waals surface area contributed by atoms with Crippen LogP contribution >= 0.6 is 24.0 Å². The van der Waals surface area contributed by atoms with E-state index in [1.54, 1.807) is 6.20 Å². The van der Waals surface area contributed by atoms with Crippen LogP contribution < -0.4 is 10.6 Å². The summed E-state index contributed by atoms with van der Waals surface area (Å²) in [5.74, 6) is 2.30. The number of nitrogens with one attached hydrogen (secondary N) is 2. The van der Waals surface area contributed by atoms with Crippen molar-refractivity contribution in [2.75, 3.05) is 13.1 Å². The van der Waals surface area contributed by atoms with Gasteiger partial charge in [-0.05, 0) is 18.9 Å². The molecule has 1 aromatic heterocycles. The van der Waals surface area contributed by atoms with E-state index >= 15 is 0 Å². The fourth-order valence-electron chi connectivity index (χ4n) is 2.19. The van der Waals surface area contributed by atoms with Crippen molar-refractivity contribution < 1.29 is 4.42 Å². The average Bonchev–Trinajstić information content (AvgIpc) is 3.03. The van der Waals surface area contributed by atoms with E-state index in [0.29, 0.717) is 12.4 Å². The van der Waals surface area contributed by atoms with Crippen LogP contribution in [0.15, 0.2) is 45.9 Å². The molecule has 1 aromatic carbocycles. The highest BCUT2D eigenvalue weighted by molar-refractivity contribution is 14.0. The number of halogens is 1. The Kier molecular flexibility index (Phi) is 8.96. The maximum absolute atomic E-state index is 5.78. The Hall–Kier alpha value is -1.57. The lowest BCUT2D eigenvalue weighted by molar-refractivity contribution is 0.383. The molecule has 1 heterocycles. The predicted octanol–water partition coefficient (Wildman–Crippen LogP) is 3.89. The van der Waals surface area contributed by atoms with Gasteiger partial charge in [0.1, 0.15) is 12.3 Å². The summed E-state index contributed by atoms with van der Waals surface area (Å²) in [6, 6.07) is 10.4. The van der Waals surface area contributed by atoms with E-state index in [1.165, 1.54) is 5.56 Å². The minimum absolute atomic E-state index is 0. The second kappa shape index (κ2) is 10.4. The third-order valence-electron chi connectivity index (χ3n) is 3.56. The Bertz CT molecular complexity index is 647. The van der Waals surface area contributed by atoms with Crippen LogP contribution in [0.2, 0.25) is 0 Å². The van der Waals surface area contributed by atoms with Crippen LogP contribution in [0, 0.1) is 0 Å². The molecule has 2 rings (SSSR count). The second-order valence-corrected chi connectivity index (χ2v) is 6.73. The molecule has 0 amide bonds. The van der Waals surface area contributed by atoms with Gasteiger partial charge in [0.05, 0.1) is 6.20 Å². The summed E-state index contributed by atoms with van der Waals surface area (Å²) in [5.41, 5.74) is 1.27. The van der Waals surface area contributed by atoms with Gasteiger partial charge in [0.25, 0.3) is 0 Å². The van der Waals surface area contributed by atoms with Gasteiger partial charge in [-0.1, -0.05) is 51.1 Å².